The molecule has 0 aromatic heterocycles. The van der Waals surface area contributed by atoms with Gasteiger partial charge < -0.3 is 29.8 Å². The number of carboxylic acid groups (broad SMARTS) is 1. The molecule has 1 atom stereocenters. The van der Waals surface area contributed by atoms with E-state index in [1.54, 1.807) is 0 Å². The minimum absolute atomic E-state index is 0. The maximum absolute atomic E-state index is 10.5. The summed E-state index contributed by atoms with van der Waals surface area (Å²) in [5, 5.41) is 19.5. The van der Waals surface area contributed by atoms with Crippen molar-refractivity contribution in [3.05, 3.63) is 11.6 Å². The summed E-state index contributed by atoms with van der Waals surface area (Å²) in [6.45, 7) is 7.89. The highest BCUT2D eigenvalue weighted by Crippen LogP contribution is 2.17. The van der Waals surface area contributed by atoms with Gasteiger partial charge in [0.05, 0.1) is 13.2 Å². The van der Waals surface area contributed by atoms with E-state index in [2.05, 4.69) is 17.0 Å². The van der Waals surface area contributed by atoms with E-state index < -0.39 is 18.2 Å². The van der Waals surface area contributed by atoms with Crippen molar-refractivity contribution in [2.45, 2.75) is 59.7 Å². The summed E-state index contributed by atoms with van der Waals surface area (Å²) >= 11 is 0. The van der Waals surface area contributed by atoms with Crippen molar-refractivity contribution < 1.29 is 38.9 Å². The first-order chi connectivity index (χ1) is 12.9. The maximum Gasteiger partial charge on any atom is 0.368 e. The molecule has 0 saturated carbocycles. The summed E-state index contributed by atoms with van der Waals surface area (Å²) in [5.74, 6) is -1.86. The number of hydrogen-bond donors (Lipinski definition) is 3. The minimum Gasteiger partial charge on any atom is -0.476 e. The Hall–Kier alpha value is -2.10. The molecule has 3 N–H and O–H groups in total. The third kappa shape index (κ3) is 21.9. The topological polar surface area (TPSA) is 139 Å². The largest absolute Gasteiger partial charge is 0.476 e. The number of esters is 1. The van der Waals surface area contributed by atoms with E-state index in [1.807, 2.05) is 6.92 Å². The Morgan fingerprint density at radius 1 is 1.25 bits per heavy atom. The molecule has 9 nitrogen and oxygen atoms in total. The molecule has 2 aliphatic rings. The van der Waals surface area contributed by atoms with Crippen LogP contribution in [0.4, 0.5) is 0 Å². The van der Waals surface area contributed by atoms with E-state index >= 15 is 0 Å². The lowest BCUT2D eigenvalue weighted by Gasteiger charge is -2.10. The normalized spacial score (nSPS) is 16.8. The molecule has 0 aromatic rings. The zero-order chi connectivity index (χ0) is 20.9. The van der Waals surface area contributed by atoms with Crippen LogP contribution in [0.25, 0.3) is 0 Å². The molecule has 0 radical (unpaired) electrons. The number of carbonyl (C=O) groups is 4. The predicted octanol–water partition coefficient (Wildman–Crippen LogP) is 1.48. The number of aldehydes is 2. The van der Waals surface area contributed by atoms with Crippen molar-refractivity contribution in [2.75, 3.05) is 26.3 Å². The summed E-state index contributed by atoms with van der Waals surface area (Å²) in [6, 6.07) is 0. The Morgan fingerprint density at radius 3 is 2.04 bits per heavy atom. The third-order valence-corrected chi connectivity index (χ3v) is 3.01. The van der Waals surface area contributed by atoms with Gasteiger partial charge in [-0.2, -0.15) is 0 Å². The molecular formula is C19H35NO8. The van der Waals surface area contributed by atoms with Gasteiger partial charge in [0.15, 0.2) is 0 Å². The third-order valence-electron chi connectivity index (χ3n) is 3.01. The molecule has 0 aliphatic carbocycles. The predicted molar refractivity (Wildman–Crippen MR) is 105 cm³/mol. The Morgan fingerprint density at radius 2 is 1.82 bits per heavy atom. The minimum atomic E-state index is -1.43. The number of carboxylic acids is 1. The van der Waals surface area contributed by atoms with E-state index in [1.165, 1.54) is 6.08 Å². The van der Waals surface area contributed by atoms with Gasteiger partial charge in [-0.25, -0.2) is 9.59 Å². The van der Waals surface area contributed by atoms with Crippen LogP contribution in [-0.2, 0) is 28.7 Å². The molecule has 2 aliphatic heterocycles. The first-order valence-corrected chi connectivity index (χ1v) is 8.92. The second-order valence-corrected chi connectivity index (χ2v) is 5.39. The van der Waals surface area contributed by atoms with Gasteiger partial charge in [-0.1, -0.05) is 34.1 Å². The highest BCUT2D eigenvalue weighted by Gasteiger charge is 2.22. The fourth-order valence-corrected chi connectivity index (χ4v) is 1.73. The zero-order valence-electron chi connectivity index (χ0n) is 16.0. The van der Waals surface area contributed by atoms with E-state index in [-0.39, 0.29) is 13.7 Å². The van der Waals surface area contributed by atoms with Crippen LogP contribution in [0, 0.1) is 0 Å². The van der Waals surface area contributed by atoms with Gasteiger partial charge in [-0.3, -0.25) is 4.79 Å². The number of aliphatic hydroxyl groups excluding tert-OH is 1. The van der Waals surface area contributed by atoms with Gasteiger partial charge >= 0.3 is 11.9 Å². The number of ether oxygens (including phenoxy) is 2. The van der Waals surface area contributed by atoms with Gasteiger partial charge in [0.2, 0.25) is 12.6 Å². The summed E-state index contributed by atoms with van der Waals surface area (Å²) < 4.78 is 9.46. The number of carbonyl (C=O) groups excluding carboxylic acids is 3. The lowest BCUT2D eigenvalue weighted by atomic mass is 10.1. The van der Waals surface area contributed by atoms with Crippen LogP contribution in [0.1, 0.15) is 53.4 Å². The smallest absolute Gasteiger partial charge is 0.368 e. The second kappa shape index (κ2) is 22.9. The molecule has 1 unspecified atom stereocenters. The van der Waals surface area contributed by atoms with Crippen molar-refractivity contribution in [1.82, 2.24) is 5.32 Å². The number of unbranched alkanes of at least 4 members (excludes halogenated alkanes) is 2. The average Bonchev–Trinajstić information content (AvgIpc) is 3.00. The van der Waals surface area contributed by atoms with Crippen LogP contribution in [0.15, 0.2) is 11.6 Å². The summed E-state index contributed by atoms with van der Waals surface area (Å²) in [4.78, 5) is 37.9. The van der Waals surface area contributed by atoms with Crippen molar-refractivity contribution in [2.24, 2.45) is 0 Å². The molecule has 1 fully saturated rings. The molecule has 0 bridgehead atoms. The lowest BCUT2D eigenvalue weighted by Crippen LogP contribution is -2.30. The summed E-state index contributed by atoms with van der Waals surface area (Å²) in [7, 11) is 0. The Labute approximate surface area is 167 Å². The molecule has 1 saturated heterocycles. The maximum atomic E-state index is 10.5. The number of hydrogen-bond acceptors (Lipinski definition) is 8. The van der Waals surface area contributed by atoms with Gasteiger partial charge in [0.25, 0.3) is 0 Å². The van der Waals surface area contributed by atoms with Gasteiger partial charge in [-0.05, 0) is 12.8 Å². The SMILES string of the molecule is C.C1COCCN1.CCCC1=CC(=O)OC1O.CCCCC=O.O=CC(=O)O. The van der Waals surface area contributed by atoms with Gasteiger partial charge in [0.1, 0.15) is 6.29 Å². The quantitative estimate of drug-likeness (QED) is 0.259. The van der Waals surface area contributed by atoms with Crippen LogP contribution in [-0.4, -0.2) is 67.3 Å². The van der Waals surface area contributed by atoms with Crippen molar-refractivity contribution in [3.8, 4) is 0 Å². The van der Waals surface area contributed by atoms with E-state index in [0.717, 1.165) is 64.7 Å². The van der Waals surface area contributed by atoms with Crippen LogP contribution in [0.2, 0.25) is 0 Å². The van der Waals surface area contributed by atoms with Crippen molar-refractivity contribution in [1.29, 1.82) is 0 Å². The van der Waals surface area contributed by atoms with Crippen LogP contribution >= 0.6 is 0 Å². The molecule has 28 heavy (non-hydrogen) atoms. The van der Waals surface area contributed by atoms with Crippen molar-refractivity contribution in [3.63, 3.8) is 0 Å². The number of aliphatic carboxylic acids is 1. The Kier molecular flexibility index (Phi) is 25.1. The van der Waals surface area contributed by atoms with E-state index in [9.17, 15) is 9.59 Å². The zero-order valence-corrected chi connectivity index (χ0v) is 16.0. The molecule has 2 rings (SSSR count). The van der Waals surface area contributed by atoms with Crippen LogP contribution in [0.5, 0.6) is 0 Å². The number of nitrogens with one attached hydrogen (secondary N) is 1. The van der Waals surface area contributed by atoms with Crippen LogP contribution in [0.3, 0.4) is 0 Å². The number of rotatable bonds is 6. The number of morpholine rings is 1. The molecule has 0 amide bonds. The highest BCUT2D eigenvalue weighted by atomic mass is 16.6. The van der Waals surface area contributed by atoms with Gasteiger partial charge in [-0.15, -0.1) is 0 Å². The Balaban J connectivity index is -0.000000307. The summed E-state index contributed by atoms with van der Waals surface area (Å²) in [5.41, 5.74) is 0.688. The lowest BCUT2D eigenvalue weighted by molar-refractivity contribution is -0.151. The molecule has 164 valence electrons. The van der Waals surface area contributed by atoms with Crippen molar-refractivity contribution >= 4 is 24.5 Å². The molecule has 0 spiro atoms. The molecule has 2 heterocycles. The number of aliphatic hydroxyl groups is 1. The average molecular weight is 405 g/mol. The van der Waals surface area contributed by atoms with Crippen LogP contribution < -0.4 is 5.32 Å². The molecule has 0 aromatic carbocycles. The first-order valence-electron chi connectivity index (χ1n) is 8.92. The molecular weight excluding hydrogens is 370 g/mol. The summed E-state index contributed by atoms with van der Waals surface area (Å²) in [6.07, 6.45) is 5.72. The Bertz CT molecular complexity index is 436. The van der Waals surface area contributed by atoms with E-state index in [0.29, 0.717) is 5.57 Å². The fraction of sp³-hybridized carbons (Fsp3) is 0.684. The fourth-order valence-electron chi connectivity index (χ4n) is 1.73. The monoisotopic (exact) mass is 405 g/mol. The molecule has 9 heteroatoms. The first kappa shape index (κ1) is 30.6. The number of cyclic esters (lactones) is 1. The second-order valence-electron chi connectivity index (χ2n) is 5.39. The van der Waals surface area contributed by atoms with E-state index in [4.69, 9.17) is 24.5 Å². The standard InChI is InChI=1S/C7H10O3.C5H10O.C4H9NO.C2H2O3.CH4/c1-2-3-5-4-6(8)10-7(5)9;1-2-3-4-5-6;1-3-6-4-2-5-1;3-1-2(4)5;/h4,7,9H,2-3H2,1H3;5H,2-4H2,1H3;5H,1-4H2;1H,(H,4,5);1H4. The highest BCUT2D eigenvalue weighted by molar-refractivity contribution is 6.19. The van der Waals surface area contributed by atoms with Gasteiger partial charge in [0, 0.05) is 31.2 Å².